The number of hydrogen-bond donors (Lipinski definition) is 0. The molecule has 0 radical (unpaired) electrons. The summed E-state index contributed by atoms with van der Waals surface area (Å²) < 4.78 is 10.9. The molecule has 1 saturated heterocycles. The molecule has 0 N–H and O–H groups in total. The van der Waals surface area contributed by atoms with E-state index in [0.717, 1.165) is 5.00 Å². The summed E-state index contributed by atoms with van der Waals surface area (Å²) in [7, 11) is 1.34. The van der Waals surface area contributed by atoms with Gasteiger partial charge in [-0.1, -0.05) is 11.3 Å². The second-order valence-corrected chi connectivity index (χ2v) is 8.83. The third-order valence-electron chi connectivity index (χ3n) is 3.50. The fourth-order valence-corrected chi connectivity index (χ4v) is 3.92. The fourth-order valence-electron chi connectivity index (χ4n) is 2.46. The van der Waals surface area contributed by atoms with Crippen molar-refractivity contribution in [2.75, 3.05) is 31.6 Å². The van der Waals surface area contributed by atoms with E-state index in [1.54, 1.807) is 4.90 Å². The molecule has 24 heavy (non-hydrogen) atoms. The van der Waals surface area contributed by atoms with Crippen molar-refractivity contribution in [3.8, 4) is 0 Å². The highest BCUT2D eigenvalue weighted by molar-refractivity contribution is 9.11. The number of nitrogens with zero attached hydrogens (tertiary/aromatic N) is 3. The fraction of sp³-hybridized carbons (Fsp3) is 0.667. The third-order valence-corrected chi connectivity index (χ3v) is 5.07. The van der Waals surface area contributed by atoms with E-state index in [1.807, 2.05) is 27.7 Å². The Morgan fingerprint density at radius 1 is 1.33 bits per heavy atom. The molecule has 0 aliphatic carbocycles. The van der Waals surface area contributed by atoms with Crippen LogP contribution in [0.3, 0.4) is 0 Å². The van der Waals surface area contributed by atoms with E-state index in [2.05, 4.69) is 25.8 Å². The minimum Gasteiger partial charge on any atom is -0.464 e. The number of carbonyl (C=O) groups is 2. The van der Waals surface area contributed by atoms with Crippen molar-refractivity contribution in [1.82, 2.24) is 9.88 Å². The topological polar surface area (TPSA) is 72.0 Å². The standard InChI is InChI=1S/C15H22BrN3O4S/c1-9-8-18(6-7-19(9)14(21)23-15(2,3)4)11-10(12(20)22-5)17-13(16)24-11/h9H,6-8H2,1-5H3/t9-/m1/s1. The molecule has 1 aromatic rings. The maximum absolute atomic E-state index is 12.3. The largest absolute Gasteiger partial charge is 0.464 e. The number of halogens is 1. The first-order chi connectivity index (χ1) is 11.1. The number of hydrogen-bond acceptors (Lipinski definition) is 7. The molecular formula is C15H22BrN3O4S. The molecule has 1 fully saturated rings. The van der Waals surface area contributed by atoms with Crippen molar-refractivity contribution in [2.45, 2.75) is 39.3 Å². The van der Waals surface area contributed by atoms with Crippen LogP contribution in [-0.4, -0.2) is 60.3 Å². The monoisotopic (exact) mass is 419 g/mol. The molecule has 1 aliphatic heterocycles. The summed E-state index contributed by atoms with van der Waals surface area (Å²) in [5.74, 6) is -0.464. The van der Waals surface area contributed by atoms with E-state index in [-0.39, 0.29) is 12.1 Å². The van der Waals surface area contributed by atoms with Gasteiger partial charge < -0.3 is 19.3 Å². The van der Waals surface area contributed by atoms with Crippen LogP contribution in [0, 0.1) is 0 Å². The normalized spacial score (nSPS) is 18.5. The molecule has 9 heteroatoms. The zero-order chi connectivity index (χ0) is 18.1. The van der Waals surface area contributed by atoms with Crippen molar-refractivity contribution in [1.29, 1.82) is 0 Å². The van der Waals surface area contributed by atoms with Crippen molar-refractivity contribution in [2.24, 2.45) is 0 Å². The first-order valence-corrected chi connectivity index (χ1v) is 9.22. The summed E-state index contributed by atoms with van der Waals surface area (Å²) in [6.07, 6.45) is -0.312. The van der Waals surface area contributed by atoms with Gasteiger partial charge in [0.15, 0.2) is 9.61 Å². The molecule has 1 aliphatic rings. The quantitative estimate of drug-likeness (QED) is 0.685. The van der Waals surface area contributed by atoms with E-state index >= 15 is 0 Å². The van der Waals surface area contributed by atoms with Gasteiger partial charge in [-0.25, -0.2) is 14.6 Å². The number of carbonyl (C=O) groups excluding carboxylic acids is 2. The van der Waals surface area contributed by atoms with E-state index < -0.39 is 11.6 Å². The van der Waals surface area contributed by atoms with E-state index in [4.69, 9.17) is 9.47 Å². The molecule has 134 valence electrons. The van der Waals surface area contributed by atoms with Crippen LogP contribution in [-0.2, 0) is 9.47 Å². The number of esters is 1. The molecule has 0 bridgehead atoms. The van der Waals surface area contributed by atoms with Gasteiger partial charge in [-0.05, 0) is 43.6 Å². The summed E-state index contributed by atoms with van der Waals surface area (Å²) in [6.45, 7) is 9.23. The molecule has 0 saturated carbocycles. The van der Waals surface area contributed by atoms with Crippen molar-refractivity contribution >= 4 is 44.3 Å². The second kappa shape index (κ2) is 7.26. The van der Waals surface area contributed by atoms with Gasteiger partial charge in [0, 0.05) is 25.7 Å². The van der Waals surface area contributed by atoms with Gasteiger partial charge in [0.25, 0.3) is 0 Å². The number of ether oxygens (including phenoxy) is 2. The Morgan fingerprint density at radius 3 is 2.54 bits per heavy atom. The number of thiazole rings is 1. The van der Waals surface area contributed by atoms with Crippen molar-refractivity contribution in [3.63, 3.8) is 0 Å². The highest BCUT2D eigenvalue weighted by atomic mass is 79.9. The minimum atomic E-state index is -0.519. The lowest BCUT2D eigenvalue weighted by molar-refractivity contribution is 0.0158. The van der Waals surface area contributed by atoms with E-state index in [0.29, 0.717) is 29.2 Å². The van der Waals surface area contributed by atoms with Gasteiger partial charge in [0.2, 0.25) is 0 Å². The summed E-state index contributed by atoms with van der Waals surface area (Å²) >= 11 is 4.70. The Labute approximate surface area is 154 Å². The molecule has 1 amide bonds. The van der Waals surface area contributed by atoms with Gasteiger partial charge in [0.1, 0.15) is 10.6 Å². The molecule has 7 nitrogen and oxygen atoms in total. The molecule has 1 aromatic heterocycles. The summed E-state index contributed by atoms with van der Waals surface area (Å²) in [5.41, 5.74) is -0.221. The molecular weight excluding hydrogens is 398 g/mol. The number of anilines is 1. The molecule has 0 spiro atoms. The Hall–Kier alpha value is -1.35. The van der Waals surface area contributed by atoms with Crippen molar-refractivity contribution < 1.29 is 19.1 Å². The van der Waals surface area contributed by atoms with Gasteiger partial charge in [0.05, 0.1) is 7.11 Å². The molecule has 0 unspecified atom stereocenters. The third kappa shape index (κ3) is 4.38. The number of amides is 1. The van der Waals surface area contributed by atoms with Crippen LogP contribution in [0.5, 0.6) is 0 Å². The average Bonchev–Trinajstić information content (AvgIpc) is 2.86. The molecule has 2 heterocycles. The first kappa shape index (κ1) is 19.0. The summed E-state index contributed by atoms with van der Waals surface area (Å²) in [5, 5.41) is 0.754. The van der Waals surface area contributed by atoms with Crippen LogP contribution in [0.15, 0.2) is 3.92 Å². The Morgan fingerprint density at radius 2 is 2.00 bits per heavy atom. The number of piperazine rings is 1. The number of aromatic nitrogens is 1. The zero-order valence-electron chi connectivity index (χ0n) is 14.5. The Bertz CT molecular complexity index is 629. The van der Waals surface area contributed by atoms with Gasteiger partial charge in [-0.2, -0.15) is 0 Å². The Balaban J connectivity index is 2.11. The predicted octanol–water partition coefficient (Wildman–Crippen LogP) is 3.14. The lowest BCUT2D eigenvalue weighted by Crippen LogP contribution is -2.55. The van der Waals surface area contributed by atoms with Crippen LogP contribution in [0.4, 0.5) is 9.80 Å². The molecule has 2 rings (SSSR count). The van der Waals surface area contributed by atoms with Gasteiger partial charge in [-0.15, -0.1) is 0 Å². The number of rotatable bonds is 2. The number of methoxy groups -OCH3 is 1. The zero-order valence-corrected chi connectivity index (χ0v) is 16.9. The second-order valence-electron chi connectivity index (χ2n) is 6.58. The van der Waals surface area contributed by atoms with E-state index in [9.17, 15) is 9.59 Å². The highest BCUT2D eigenvalue weighted by Gasteiger charge is 2.33. The van der Waals surface area contributed by atoms with Crippen molar-refractivity contribution in [3.05, 3.63) is 9.61 Å². The highest BCUT2D eigenvalue weighted by Crippen LogP contribution is 2.34. The lowest BCUT2D eigenvalue weighted by atomic mass is 10.2. The predicted molar refractivity (Wildman–Crippen MR) is 95.8 cm³/mol. The van der Waals surface area contributed by atoms with Crippen LogP contribution >= 0.6 is 27.3 Å². The van der Waals surface area contributed by atoms with Crippen LogP contribution in [0.1, 0.15) is 38.2 Å². The van der Waals surface area contributed by atoms with Crippen LogP contribution < -0.4 is 4.90 Å². The van der Waals surface area contributed by atoms with Gasteiger partial charge >= 0.3 is 12.1 Å². The van der Waals surface area contributed by atoms with E-state index in [1.165, 1.54) is 18.4 Å². The molecule has 1 atom stereocenters. The molecule has 0 aromatic carbocycles. The first-order valence-electron chi connectivity index (χ1n) is 7.61. The van der Waals surface area contributed by atoms with Gasteiger partial charge in [-0.3, -0.25) is 0 Å². The maximum Gasteiger partial charge on any atom is 0.410 e. The Kier molecular flexibility index (Phi) is 5.74. The maximum atomic E-state index is 12.3. The lowest BCUT2D eigenvalue weighted by Gasteiger charge is -2.40. The van der Waals surface area contributed by atoms with Crippen LogP contribution in [0.2, 0.25) is 0 Å². The minimum absolute atomic E-state index is 0.0417. The summed E-state index contributed by atoms with van der Waals surface area (Å²) in [6, 6.07) is -0.0417. The average molecular weight is 420 g/mol. The van der Waals surface area contributed by atoms with Crippen LogP contribution in [0.25, 0.3) is 0 Å². The smallest absolute Gasteiger partial charge is 0.410 e. The summed E-state index contributed by atoms with van der Waals surface area (Å²) in [4.78, 5) is 32.1. The SMILES string of the molecule is COC(=O)c1nc(Br)sc1N1CCN(C(=O)OC(C)(C)C)[C@H](C)C1.